The maximum Gasteiger partial charge on any atom is 0.270 e. The molecule has 0 unspecified atom stereocenters. The first kappa shape index (κ1) is 14.4. The molecule has 9 heteroatoms. The van der Waals surface area contributed by atoms with Crippen LogP contribution in [0.4, 0.5) is 5.69 Å². The molecule has 1 N–H and O–H groups in total. The maximum atomic E-state index is 11.7. The monoisotopic (exact) mass is 342 g/mol. The van der Waals surface area contributed by atoms with E-state index in [4.69, 9.17) is 11.6 Å². The topological polar surface area (TPSA) is 89.3 Å². The molecule has 0 heterocycles. The lowest BCUT2D eigenvalue weighted by Gasteiger charge is -2.06. The summed E-state index contributed by atoms with van der Waals surface area (Å²) in [6.45, 7) is 0.168. The second kappa shape index (κ2) is 5.76. The summed E-state index contributed by atoms with van der Waals surface area (Å²) in [6, 6.07) is 3.26. The SMILES string of the molecule is O=[N+]([O-])c1ccc(Cl)c(S(=O)(=O)NCCBr)c1. The molecule has 94 valence electrons. The highest BCUT2D eigenvalue weighted by molar-refractivity contribution is 9.09. The average molecular weight is 344 g/mol. The highest BCUT2D eigenvalue weighted by Crippen LogP contribution is 2.25. The smallest absolute Gasteiger partial charge is 0.258 e. The minimum absolute atomic E-state index is 0.0577. The zero-order valence-electron chi connectivity index (χ0n) is 8.39. The first-order valence-corrected chi connectivity index (χ1v) is 7.36. The van der Waals surface area contributed by atoms with E-state index in [1.54, 1.807) is 0 Å². The normalized spacial score (nSPS) is 11.4. The lowest BCUT2D eigenvalue weighted by Crippen LogP contribution is -2.25. The van der Waals surface area contributed by atoms with Crippen LogP contribution in [-0.2, 0) is 10.0 Å². The molecule has 0 bridgehead atoms. The highest BCUT2D eigenvalue weighted by atomic mass is 79.9. The molecular formula is C8H8BrClN2O4S. The van der Waals surface area contributed by atoms with Gasteiger partial charge in [0.2, 0.25) is 10.0 Å². The van der Waals surface area contributed by atoms with E-state index in [2.05, 4.69) is 20.7 Å². The van der Waals surface area contributed by atoms with E-state index in [0.29, 0.717) is 5.33 Å². The van der Waals surface area contributed by atoms with E-state index >= 15 is 0 Å². The van der Waals surface area contributed by atoms with Gasteiger partial charge in [-0.15, -0.1) is 0 Å². The Bertz CT molecular complexity index is 534. The number of non-ortho nitro benzene ring substituents is 1. The number of sulfonamides is 1. The van der Waals surface area contributed by atoms with Gasteiger partial charge in [0, 0.05) is 24.0 Å². The molecule has 0 aliphatic carbocycles. The van der Waals surface area contributed by atoms with Crippen LogP contribution in [0.2, 0.25) is 5.02 Å². The minimum atomic E-state index is -3.83. The van der Waals surface area contributed by atoms with Gasteiger partial charge in [-0.25, -0.2) is 13.1 Å². The van der Waals surface area contributed by atoms with Crippen LogP contribution in [0.5, 0.6) is 0 Å². The maximum absolute atomic E-state index is 11.7. The van der Waals surface area contributed by atoms with Gasteiger partial charge in [-0.3, -0.25) is 10.1 Å². The van der Waals surface area contributed by atoms with E-state index in [-0.39, 0.29) is 22.2 Å². The van der Waals surface area contributed by atoms with Crippen molar-refractivity contribution in [1.82, 2.24) is 4.72 Å². The Kier molecular flexibility index (Phi) is 4.87. The van der Waals surface area contributed by atoms with E-state index < -0.39 is 14.9 Å². The third-order valence-electron chi connectivity index (χ3n) is 1.80. The van der Waals surface area contributed by atoms with Gasteiger partial charge in [0.1, 0.15) is 4.90 Å². The molecule has 1 aromatic rings. The molecule has 0 spiro atoms. The molecular weight excluding hydrogens is 336 g/mol. The summed E-state index contributed by atoms with van der Waals surface area (Å²) in [6.07, 6.45) is 0. The summed E-state index contributed by atoms with van der Waals surface area (Å²) in [5.74, 6) is 0. The predicted molar refractivity (Wildman–Crippen MR) is 67.1 cm³/mol. The lowest BCUT2D eigenvalue weighted by molar-refractivity contribution is -0.385. The van der Waals surface area contributed by atoms with E-state index in [9.17, 15) is 18.5 Å². The predicted octanol–water partition coefficient (Wildman–Crippen LogP) is 1.92. The summed E-state index contributed by atoms with van der Waals surface area (Å²) in [5.41, 5.74) is -0.325. The number of halogens is 2. The molecule has 17 heavy (non-hydrogen) atoms. The molecule has 0 saturated heterocycles. The number of nitro groups is 1. The van der Waals surface area contributed by atoms with Crippen LogP contribution >= 0.6 is 27.5 Å². The standard InChI is InChI=1S/C8H8BrClN2O4S/c9-3-4-11-17(15,16)8-5-6(12(13)14)1-2-7(8)10/h1-2,5,11H,3-4H2. The third kappa shape index (κ3) is 3.63. The summed E-state index contributed by atoms with van der Waals surface area (Å²) in [4.78, 5) is 9.57. The van der Waals surface area contributed by atoms with Gasteiger partial charge in [0.05, 0.1) is 9.95 Å². The molecule has 0 radical (unpaired) electrons. The molecule has 1 aromatic carbocycles. The second-order valence-electron chi connectivity index (χ2n) is 2.96. The molecule has 0 aliphatic rings. The van der Waals surface area contributed by atoms with Gasteiger partial charge in [0.25, 0.3) is 5.69 Å². The quantitative estimate of drug-likeness (QED) is 0.502. The number of hydrogen-bond donors (Lipinski definition) is 1. The van der Waals surface area contributed by atoms with Crippen LogP contribution in [-0.4, -0.2) is 25.2 Å². The van der Waals surface area contributed by atoms with Crippen molar-refractivity contribution in [2.45, 2.75) is 4.90 Å². The first-order valence-electron chi connectivity index (χ1n) is 4.38. The lowest BCUT2D eigenvalue weighted by atomic mass is 10.3. The zero-order chi connectivity index (χ0) is 13.1. The van der Waals surface area contributed by atoms with Crippen LogP contribution in [0.1, 0.15) is 0 Å². The van der Waals surface area contributed by atoms with Gasteiger partial charge in [-0.2, -0.15) is 0 Å². The Balaban J connectivity index is 3.20. The summed E-state index contributed by atoms with van der Waals surface area (Å²) < 4.78 is 25.7. The zero-order valence-corrected chi connectivity index (χ0v) is 11.5. The Morgan fingerprint density at radius 2 is 2.12 bits per heavy atom. The average Bonchev–Trinajstić information content (AvgIpc) is 2.26. The largest absolute Gasteiger partial charge is 0.270 e. The van der Waals surface area contributed by atoms with Crippen molar-refractivity contribution in [3.8, 4) is 0 Å². The molecule has 0 atom stereocenters. The number of alkyl halides is 1. The molecule has 0 amide bonds. The Morgan fingerprint density at radius 1 is 1.47 bits per heavy atom. The number of nitrogens with one attached hydrogen (secondary N) is 1. The van der Waals surface area contributed by atoms with Gasteiger partial charge >= 0.3 is 0 Å². The van der Waals surface area contributed by atoms with Crippen molar-refractivity contribution in [1.29, 1.82) is 0 Å². The second-order valence-corrected chi connectivity index (χ2v) is 5.89. The van der Waals surface area contributed by atoms with Crippen molar-refractivity contribution in [2.24, 2.45) is 0 Å². The van der Waals surface area contributed by atoms with Crippen molar-refractivity contribution in [3.05, 3.63) is 33.3 Å². The van der Waals surface area contributed by atoms with Gasteiger partial charge in [-0.1, -0.05) is 27.5 Å². The van der Waals surface area contributed by atoms with Crippen LogP contribution in [0.3, 0.4) is 0 Å². The minimum Gasteiger partial charge on any atom is -0.258 e. The van der Waals surface area contributed by atoms with Crippen molar-refractivity contribution >= 4 is 43.2 Å². The highest BCUT2D eigenvalue weighted by Gasteiger charge is 2.20. The van der Waals surface area contributed by atoms with E-state index in [1.165, 1.54) is 6.07 Å². The van der Waals surface area contributed by atoms with Crippen molar-refractivity contribution in [3.63, 3.8) is 0 Å². The molecule has 0 saturated carbocycles. The molecule has 0 aliphatic heterocycles. The summed E-state index contributed by atoms with van der Waals surface area (Å²) in [7, 11) is -3.83. The fraction of sp³-hybridized carbons (Fsp3) is 0.250. The summed E-state index contributed by atoms with van der Waals surface area (Å²) >= 11 is 8.77. The van der Waals surface area contributed by atoms with Crippen LogP contribution in [0.25, 0.3) is 0 Å². The van der Waals surface area contributed by atoms with Crippen molar-refractivity contribution < 1.29 is 13.3 Å². The molecule has 0 fully saturated rings. The van der Waals surface area contributed by atoms with Gasteiger partial charge in [0.15, 0.2) is 0 Å². The van der Waals surface area contributed by atoms with Crippen molar-refractivity contribution in [2.75, 3.05) is 11.9 Å². The van der Waals surface area contributed by atoms with Crippen LogP contribution in [0.15, 0.2) is 23.1 Å². The van der Waals surface area contributed by atoms with Gasteiger partial charge in [-0.05, 0) is 6.07 Å². The first-order chi connectivity index (χ1) is 7.88. The molecule has 0 aromatic heterocycles. The van der Waals surface area contributed by atoms with E-state index in [0.717, 1.165) is 12.1 Å². The van der Waals surface area contributed by atoms with Gasteiger partial charge < -0.3 is 0 Å². The Labute approximate surface area is 111 Å². The van der Waals surface area contributed by atoms with E-state index in [1.807, 2.05) is 0 Å². The fourth-order valence-electron chi connectivity index (χ4n) is 1.06. The number of hydrogen-bond acceptors (Lipinski definition) is 4. The molecule has 1 rings (SSSR count). The summed E-state index contributed by atoms with van der Waals surface area (Å²) in [5, 5.41) is 10.9. The Morgan fingerprint density at radius 3 is 2.65 bits per heavy atom. The number of rotatable bonds is 5. The fourth-order valence-corrected chi connectivity index (χ4v) is 3.07. The number of benzene rings is 1. The third-order valence-corrected chi connectivity index (χ3v) is 4.14. The Hall–Kier alpha value is -0.700. The van der Waals surface area contributed by atoms with Crippen LogP contribution < -0.4 is 4.72 Å². The number of nitrogens with zero attached hydrogens (tertiary/aromatic N) is 1. The van der Waals surface area contributed by atoms with Crippen LogP contribution in [0, 0.1) is 10.1 Å². The molecule has 6 nitrogen and oxygen atoms in total. The number of nitro benzene ring substituents is 1.